The van der Waals surface area contributed by atoms with Crippen molar-refractivity contribution in [3.05, 3.63) is 0 Å². The van der Waals surface area contributed by atoms with Crippen molar-refractivity contribution >= 4 is 0 Å². The van der Waals surface area contributed by atoms with Gasteiger partial charge in [0.05, 0.1) is 0 Å². The standard InChI is InChI=1S/C14H12F16/c1-5(15,16)9(23)10(24,6(2,17)18)14(29,30)12(26,8(4,21)22)11(25,7(3,19)20)13(9,27)28/h1-4H3. The fourth-order valence-corrected chi connectivity index (χ4v) is 3.65. The van der Waals surface area contributed by atoms with Crippen molar-refractivity contribution in [3.63, 3.8) is 0 Å². The Morgan fingerprint density at radius 1 is 0.333 bits per heavy atom. The highest BCUT2D eigenvalue weighted by Crippen LogP contribution is 2.77. The van der Waals surface area contributed by atoms with Gasteiger partial charge in [-0.1, -0.05) is 0 Å². The van der Waals surface area contributed by atoms with Crippen LogP contribution in [-0.2, 0) is 0 Å². The molecule has 30 heavy (non-hydrogen) atoms. The second-order valence-corrected chi connectivity index (χ2v) is 7.34. The number of alkyl halides is 16. The molecule has 1 rings (SSSR count). The van der Waals surface area contributed by atoms with Crippen LogP contribution in [0.1, 0.15) is 27.7 Å². The average molecular weight is 484 g/mol. The minimum absolute atomic E-state index is 1.30. The van der Waals surface area contributed by atoms with Gasteiger partial charge in [-0.15, -0.1) is 0 Å². The van der Waals surface area contributed by atoms with Crippen LogP contribution in [-0.4, -0.2) is 58.2 Å². The van der Waals surface area contributed by atoms with Crippen LogP contribution in [0.25, 0.3) is 0 Å². The summed E-state index contributed by atoms with van der Waals surface area (Å²) in [5.74, 6) is -42.2. The molecule has 16 heteroatoms. The summed E-state index contributed by atoms with van der Waals surface area (Å²) < 4.78 is 227. The van der Waals surface area contributed by atoms with E-state index in [1.54, 1.807) is 0 Å². The van der Waals surface area contributed by atoms with Crippen LogP contribution in [0.2, 0.25) is 0 Å². The number of halogens is 16. The minimum atomic E-state index is -7.93. The van der Waals surface area contributed by atoms with E-state index in [9.17, 15) is 70.2 Å². The summed E-state index contributed by atoms with van der Waals surface area (Å²) in [5, 5.41) is 0. The van der Waals surface area contributed by atoms with Crippen molar-refractivity contribution < 1.29 is 70.2 Å². The molecule has 0 aliphatic heterocycles. The first-order valence-electron chi connectivity index (χ1n) is 7.52. The lowest BCUT2D eigenvalue weighted by atomic mass is 9.51. The van der Waals surface area contributed by atoms with E-state index >= 15 is 0 Å². The van der Waals surface area contributed by atoms with E-state index in [1.807, 2.05) is 0 Å². The molecular formula is C14H12F16. The van der Waals surface area contributed by atoms with E-state index in [4.69, 9.17) is 0 Å². The van der Waals surface area contributed by atoms with Crippen molar-refractivity contribution in [1.82, 2.24) is 0 Å². The Morgan fingerprint density at radius 2 is 0.433 bits per heavy atom. The molecule has 180 valence electrons. The van der Waals surface area contributed by atoms with Gasteiger partial charge in [0.15, 0.2) is 0 Å². The highest BCUT2D eigenvalue weighted by molar-refractivity contribution is 5.42. The highest BCUT2D eigenvalue weighted by atomic mass is 19.3. The Hall–Kier alpha value is -1.12. The lowest BCUT2D eigenvalue weighted by molar-refractivity contribution is -0.499. The van der Waals surface area contributed by atoms with Crippen LogP contribution in [0.3, 0.4) is 0 Å². The van der Waals surface area contributed by atoms with Gasteiger partial charge in [0.25, 0.3) is 46.4 Å². The van der Waals surface area contributed by atoms with E-state index in [0.717, 1.165) is 0 Å². The third kappa shape index (κ3) is 2.28. The van der Waals surface area contributed by atoms with Gasteiger partial charge in [0, 0.05) is 27.7 Å². The second-order valence-electron chi connectivity index (χ2n) is 7.34. The molecule has 0 heterocycles. The Kier molecular flexibility index (Phi) is 5.21. The summed E-state index contributed by atoms with van der Waals surface area (Å²) >= 11 is 0. The van der Waals surface area contributed by atoms with Crippen molar-refractivity contribution in [1.29, 1.82) is 0 Å². The first-order chi connectivity index (χ1) is 12.5. The zero-order valence-corrected chi connectivity index (χ0v) is 15.0. The minimum Gasteiger partial charge on any atom is -0.226 e. The highest BCUT2D eigenvalue weighted by Gasteiger charge is 3.09. The van der Waals surface area contributed by atoms with Gasteiger partial charge in [-0.05, 0) is 0 Å². The number of hydrogen-bond acceptors (Lipinski definition) is 0. The smallest absolute Gasteiger partial charge is 0.226 e. The lowest BCUT2D eigenvalue weighted by Gasteiger charge is -2.64. The van der Waals surface area contributed by atoms with Crippen LogP contribution >= 0.6 is 0 Å². The molecule has 1 saturated carbocycles. The van der Waals surface area contributed by atoms with Gasteiger partial charge in [0.2, 0.25) is 0 Å². The fraction of sp³-hybridized carbons (Fsp3) is 1.00. The molecular weight excluding hydrogens is 472 g/mol. The van der Waals surface area contributed by atoms with E-state index in [0.29, 0.717) is 0 Å². The van der Waals surface area contributed by atoms with Crippen LogP contribution in [0.5, 0.6) is 0 Å². The predicted octanol–water partition coefficient (Wildman–Crippen LogP) is 6.72. The maximum Gasteiger partial charge on any atom is 0.334 e. The fourth-order valence-electron chi connectivity index (χ4n) is 3.65. The number of rotatable bonds is 4. The summed E-state index contributed by atoms with van der Waals surface area (Å²) in [6.07, 6.45) is 0. The summed E-state index contributed by atoms with van der Waals surface area (Å²) in [4.78, 5) is 0. The van der Waals surface area contributed by atoms with Gasteiger partial charge in [0.1, 0.15) is 0 Å². The third-order valence-corrected chi connectivity index (χ3v) is 5.10. The van der Waals surface area contributed by atoms with Crippen molar-refractivity contribution in [2.24, 2.45) is 0 Å². The van der Waals surface area contributed by atoms with Gasteiger partial charge in [-0.25, -0.2) is 52.7 Å². The summed E-state index contributed by atoms with van der Waals surface area (Å²) in [5.41, 5.74) is -30.7. The van der Waals surface area contributed by atoms with E-state index < -0.39 is 85.9 Å². The molecule has 0 spiro atoms. The zero-order chi connectivity index (χ0) is 25.0. The Bertz CT molecular complexity index is 577. The van der Waals surface area contributed by atoms with Crippen molar-refractivity contribution in [2.45, 2.75) is 85.9 Å². The van der Waals surface area contributed by atoms with E-state index in [1.165, 1.54) is 0 Å². The quantitative estimate of drug-likeness (QED) is 0.389. The van der Waals surface area contributed by atoms with Gasteiger partial charge in [-0.2, -0.15) is 17.6 Å². The Labute approximate surface area is 157 Å². The Morgan fingerprint density at radius 3 is 0.500 bits per heavy atom. The van der Waals surface area contributed by atoms with Gasteiger partial charge < -0.3 is 0 Å². The Balaban J connectivity index is 4.59. The maximum absolute atomic E-state index is 14.8. The largest absolute Gasteiger partial charge is 0.334 e. The molecule has 0 aromatic heterocycles. The molecule has 0 saturated heterocycles. The molecule has 4 atom stereocenters. The zero-order valence-electron chi connectivity index (χ0n) is 15.0. The summed E-state index contributed by atoms with van der Waals surface area (Å²) in [7, 11) is 0. The summed E-state index contributed by atoms with van der Waals surface area (Å²) in [6, 6.07) is 0. The molecule has 4 unspecified atom stereocenters. The second kappa shape index (κ2) is 5.81. The molecule has 1 aliphatic rings. The van der Waals surface area contributed by atoms with Crippen LogP contribution in [0.4, 0.5) is 70.2 Å². The van der Waals surface area contributed by atoms with Crippen LogP contribution in [0.15, 0.2) is 0 Å². The van der Waals surface area contributed by atoms with E-state index in [2.05, 4.69) is 0 Å². The maximum atomic E-state index is 14.8. The van der Waals surface area contributed by atoms with Crippen molar-refractivity contribution in [2.75, 3.05) is 0 Å². The molecule has 0 amide bonds. The topological polar surface area (TPSA) is 0 Å². The van der Waals surface area contributed by atoms with E-state index in [-0.39, 0.29) is 0 Å². The molecule has 0 radical (unpaired) electrons. The van der Waals surface area contributed by atoms with Crippen molar-refractivity contribution in [3.8, 4) is 0 Å². The molecule has 1 aliphatic carbocycles. The summed E-state index contributed by atoms with van der Waals surface area (Å²) in [6.45, 7) is -5.22. The first-order valence-corrected chi connectivity index (χ1v) is 7.52. The number of hydrogen-bond donors (Lipinski definition) is 0. The van der Waals surface area contributed by atoms with Gasteiger partial charge >= 0.3 is 11.8 Å². The molecule has 0 nitrogen and oxygen atoms in total. The predicted molar refractivity (Wildman–Crippen MR) is 67.7 cm³/mol. The molecule has 0 aromatic carbocycles. The molecule has 1 fully saturated rings. The van der Waals surface area contributed by atoms with Gasteiger partial charge in [-0.3, -0.25) is 0 Å². The van der Waals surface area contributed by atoms with Crippen LogP contribution in [0, 0.1) is 0 Å². The first kappa shape index (κ1) is 26.9. The normalized spacial score (nSPS) is 40.4. The average Bonchev–Trinajstić information content (AvgIpc) is 2.45. The molecule has 0 N–H and O–H groups in total. The van der Waals surface area contributed by atoms with Crippen LogP contribution < -0.4 is 0 Å². The monoisotopic (exact) mass is 484 g/mol. The lowest BCUT2D eigenvalue weighted by Crippen LogP contribution is -2.96. The molecule has 0 aromatic rings. The third-order valence-electron chi connectivity index (χ3n) is 5.10. The molecule has 0 bridgehead atoms. The SMILES string of the molecule is CC(F)(F)C1(F)C(F)(F)C(F)(C(C)(F)F)C(F)(C(C)(F)F)C(F)(F)C1(F)C(C)(F)F.